The van der Waals surface area contributed by atoms with Gasteiger partial charge in [0.25, 0.3) is 0 Å². The number of furan rings is 1. The molecule has 5 heteroatoms. The molecule has 5 nitrogen and oxygen atoms in total. The lowest BCUT2D eigenvalue weighted by Gasteiger charge is -2.19. The van der Waals surface area contributed by atoms with Crippen molar-refractivity contribution in [2.75, 3.05) is 33.7 Å². The van der Waals surface area contributed by atoms with Gasteiger partial charge in [-0.25, -0.2) is 4.79 Å². The number of aryl methyl sites for hydroxylation is 1. The monoisotopic (exact) mass is 266 g/mol. The van der Waals surface area contributed by atoms with Crippen molar-refractivity contribution in [3.8, 4) is 0 Å². The van der Waals surface area contributed by atoms with E-state index in [0.29, 0.717) is 18.0 Å². The Morgan fingerprint density at radius 3 is 2.89 bits per heavy atom. The summed E-state index contributed by atoms with van der Waals surface area (Å²) in [7, 11) is 4.20. The number of carboxylic acid groups (broad SMARTS) is 1. The summed E-state index contributed by atoms with van der Waals surface area (Å²) in [6, 6.07) is 1.82. The highest BCUT2D eigenvalue weighted by Gasteiger charge is 2.21. The number of rotatable bonds is 5. The largest absolute Gasteiger partial charge is 0.475 e. The number of aromatic carboxylic acids is 1. The molecular weight excluding hydrogens is 244 g/mol. The molecule has 0 saturated carbocycles. The molecule has 2 rings (SSSR count). The van der Waals surface area contributed by atoms with E-state index in [1.54, 1.807) is 6.92 Å². The number of hydrogen-bond donors (Lipinski definition) is 1. The Morgan fingerprint density at radius 1 is 1.63 bits per heavy atom. The molecule has 0 spiro atoms. The van der Waals surface area contributed by atoms with Crippen molar-refractivity contribution in [2.24, 2.45) is 5.92 Å². The summed E-state index contributed by atoms with van der Waals surface area (Å²) in [6.07, 6.45) is 1.23. The minimum atomic E-state index is -0.996. The molecule has 0 bridgehead atoms. The maximum Gasteiger partial charge on any atom is 0.372 e. The second-order valence-electron chi connectivity index (χ2n) is 5.64. The van der Waals surface area contributed by atoms with Crippen molar-refractivity contribution < 1.29 is 14.3 Å². The molecular formula is C14H22N2O3. The summed E-state index contributed by atoms with van der Waals surface area (Å²) in [4.78, 5) is 15.5. The van der Waals surface area contributed by atoms with Gasteiger partial charge in [-0.05, 0) is 46.0 Å². The van der Waals surface area contributed by atoms with Crippen LogP contribution >= 0.6 is 0 Å². The normalized spacial score (nSPS) is 20.3. The second kappa shape index (κ2) is 5.75. The van der Waals surface area contributed by atoms with Crippen LogP contribution in [0.3, 0.4) is 0 Å². The molecule has 1 aromatic heterocycles. The Balaban J connectivity index is 1.90. The van der Waals surface area contributed by atoms with Crippen LogP contribution in [0, 0.1) is 12.8 Å². The minimum Gasteiger partial charge on any atom is -0.475 e. The predicted molar refractivity (Wildman–Crippen MR) is 72.3 cm³/mol. The standard InChI is InChI=1S/C14H22N2O3/c1-10-6-12(19-13(10)14(17)18)9-16(3)8-11-4-5-15(2)7-11/h6,11H,4-5,7-9H2,1-3H3,(H,17,18). The first-order valence-electron chi connectivity index (χ1n) is 6.65. The maximum atomic E-state index is 10.9. The average Bonchev–Trinajstić information content (AvgIpc) is 2.85. The third kappa shape index (κ3) is 3.58. The Bertz CT molecular complexity index is 456. The lowest BCUT2D eigenvalue weighted by molar-refractivity contribution is 0.0657. The first-order valence-corrected chi connectivity index (χ1v) is 6.65. The van der Waals surface area contributed by atoms with Crippen LogP contribution in [-0.2, 0) is 6.54 Å². The van der Waals surface area contributed by atoms with E-state index in [1.165, 1.54) is 13.0 Å². The van der Waals surface area contributed by atoms with Crippen molar-refractivity contribution >= 4 is 5.97 Å². The Morgan fingerprint density at radius 2 is 2.37 bits per heavy atom. The number of carbonyl (C=O) groups is 1. The molecule has 0 aliphatic carbocycles. The van der Waals surface area contributed by atoms with Gasteiger partial charge in [0.05, 0.1) is 6.54 Å². The van der Waals surface area contributed by atoms with Gasteiger partial charge in [-0.3, -0.25) is 4.90 Å². The molecule has 1 fully saturated rings. The fourth-order valence-corrected chi connectivity index (χ4v) is 2.79. The highest BCUT2D eigenvalue weighted by Crippen LogP contribution is 2.19. The molecule has 1 N–H and O–H groups in total. The van der Waals surface area contributed by atoms with Crippen LogP contribution in [0.1, 0.15) is 28.3 Å². The molecule has 0 amide bonds. The Labute approximate surface area is 113 Å². The first kappa shape index (κ1) is 14.1. The van der Waals surface area contributed by atoms with Gasteiger partial charge in [0.2, 0.25) is 5.76 Å². The van der Waals surface area contributed by atoms with E-state index < -0.39 is 5.97 Å². The van der Waals surface area contributed by atoms with Gasteiger partial charge < -0.3 is 14.4 Å². The molecule has 1 atom stereocenters. The van der Waals surface area contributed by atoms with E-state index in [9.17, 15) is 4.79 Å². The van der Waals surface area contributed by atoms with Gasteiger partial charge >= 0.3 is 5.97 Å². The molecule has 106 valence electrons. The highest BCUT2D eigenvalue weighted by atomic mass is 16.4. The van der Waals surface area contributed by atoms with Crippen molar-refractivity contribution in [2.45, 2.75) is 19.9 Å². The lowest BCUT2D eigenvalue weighted by Crippen LogP contribution is -2.26. The van der Waals surface area contributed by atoms with Gasteiger partial charge in [-0.15, -0.1) is 0 Å². The van der Waals surface area contributed by atoms with E-state index in [1.807, 2.05) is 6.07 Å². The van der Waals surface area contributed by atoms with Crippen molar-refractivity contribution in [1.29, 1.82) is 0 Å². The minimum absolute atomic E-state index is 0.0593. The molecule has 1 saturated heterocycles. The van der Waals surface area contributed by atoms with E-state index in [-0.39, 0.29) is 5.76 Å². The van der Waals surface area contributed by atoms with Crippen LogP contribution in [-0.4, -0.2) is 54.6 Å². The van der Waals surface area contributed by atoms with Crippen LogP contribution in [0.15, 0.2) is 10.5 Å². The molecule has 19 heavy (non-hydrogen) atoms. The van der Waals surface area contributed by atoms with Crippen LogP contribution in [0.25, 0.3) is 0 Å². The smallest absolute Gasteiger partial charge is 0.372 e. The molecule has 1 aromatic rings. The Kier molecular flexibility index (Phi) is 4.27. The molecule has 0 radical (unpaired) electrons. The first-order chi connectivity index (χ1) is 8.95. The lowest BCUT2D eigenvalue weighted by atomic mass is 10.1. The number of nitrogens with zero attached hydrogens (tertiary/aromatic N) is 2. The molecule has 1 aliphatic rings. The quantitative estimate of drug-likeness (QED) is 0.878. The summed E-state index contributed by atoms with van der Waals surface area (Å²) in [5.74, 6) is 0.488. The summed E-state index contributed by atoms with van der Waals surface area (Å²) in [6.45, 7) is 5.76. The van der Waals surface area contributed by atoms with Crippen molar-refractivity contribution in [3.63, 3.8) is 0 Å². The molecule has 0 aromatic carbocycles. The van der Waals surface area contributed by atoms with Crippen LogP contribution in [0.4, 0.5) is 0 Å². The summed E-state index contributed by atoms with van der Waals surface area (Å²) in [5.41, 5.74) is 0.691. The van der Waals surface area contributed by atoms with Gasteiger partial charge in [-0.1, -0.05) is 0 Å². The third-order valence-corrected chi connectivity index (χ3v) is 3.65. The number of likely N-dealkylation sites (tertiary alicyclic amines) is 1. The zero-order chi connectivity index (χ0) is 14.0. The highest BCUT2D eigenvalue weighted by molar-refractivity contribution is 5.86. The molecule has 2 heterocycles. The zero-order valence-corrected chi connectivity index (χ0v) is 11.8. The van der Waals surface area contributed by atoms with Crippen LogP contribution < -0.4 is 0 Å². The fourth-order valence-electron chi connectivity index (χ4n) is 2.79. The SMILES string of the molecule is Cc1cc(CN(C)CC2CCN(C)C2)oc1C(=O)O. The number of hydrogen-bond acceptors (Lipinski definition) is 4. The summed E-state index contributed by atoms with van der Waals surface area (Å²) in [5, 5.41) is 8.96. The second-order valence-corrected chi connectivity index (χ2v) is 5.64. The number of carboxylic acids is 1. The van der Waals surface area contributed by atoms with E-state index in [2.05, 4.69) is 23.9 Å². The van der Waals surface area contributed by atoms with Gasteiger partial charge in [0.15, 0.2) is 0 Å². The van der Waals surface area contributed by atoms with Crippen LogP contribution in [0.2, 0.25) is 0 Å². The van der Waals surface area contributed by atoms with Crippen LogP contribution in [0.5, 0.6) is 0 Å². The van der Waals surface area contributed by atoms with Crippen molar-refractivity contribution in [3.05, 3.63) is 23.2 Å². The van der Waals surface area contributed by atoms with Crippen molar-refractivity contribution in [1.82, 2.24) is 9.80 Å². The molecule has 1 aliphatic heterocycles. The molecule has 1 unspecified atom stereocenters. The van der Waals surface area contributed by atoms with Gasteiger partial charge in [0, 0.05) is 18.7 Å². The maximum absolute atomic E-state index is 10.9. The summed E-state index contributed by atoms with van der Waals surface area (Å²) >= 11 is 0. The van der Waals surface area contributed by atoms with E-state index in [4.69, 9.17) is 9.52 Å². The van der Waals surface area contributed by atoms with E-state index in [0.717, 1.165) is 18.8 Å². The average molecular weight is 266 g/mol. The Hall–Kier alpha value is -1.33. The van der Waals surface area contributed by atoms with Gasteiger partial charge in [0.1, 0.15) is 5.76 Å². The predicted octanol–water partition coefficient (Wildman–Crippen LogP) is 1.67. The van der Waals surface area contributed by atoms with Gasteiger partial charge in [-0.2, -0.15) is 0 Å². The zero-order valence-electron chi connectivity index (χ0n) is 11.8. The summed E-state index contributed by atoms with van der Waals surface area (Å²) < 4.78 is 5.38. The topological polar surface area (TPSA) is 56.9 Å². The fraction of sp³-hybridized carbons (Fsp3) is 0.643. The van der Waals surface area contributed by atoms with E-state index >= 15 is 0 Å². The third-order valence-electron chi connectivity index (χ3n) is 3.65.